The van der Waals surface area contributed by atoms with Gasteiger partial charge in [-0.05, 0) is 17.7 Å². The van der Waals surface area contributed by atoms with Crippen molar-refractivity contribution >= 4 is 14.1 Å². The molecule has 74 valence electrons. The molecular formula is C11H22BN. The lowest BCUT2D eigenvalue weighted by atomic mass is 9.72. The maximum Gasteiger partial charge on any atom is 0.113 e. The Morgan fingerprint density at radius 1 is 1.15 bits per heavy atom. The van der Waals surface area contributed by atoms with Crippen LogP contribution in [0.4, 0.5) is 0 Å². The summed E-state index contributed by atoms with van der Waals surface area (Å²) in [6, 6.07) is 0. The van der Waals surface area contributed by atoms with Crippen LogP contribution >= 0.6 is 0 Å². The molecule has 0 spiro atoms. The second-order valence-electron chi connectivity index (χ2n) is 5.78. The number of allylic oxidation sites excluding steroid dienone is 2. The molecule has 0 aliphatic carbocycles. The van der Waals surface area contributed by atoms with Gasteiger partial charge in [-0.3, -0.25) is 4.99 Å². The molecule has 0 rings (SSSR count). The molecular weight excluding hydrogens is 157 g/mol. The minimum absolute atomic E-state index is 0.174. The highest BCUT2D eigenvalue weighted by Crippen LogP contribution is 2.22. The molecule has 0 radical (unpaired) electrons. The normalized spacial score (nSPS) is 15.4. The summed E-state index contributed by atoms with van der Waals surface area (Å²) in [5.41, 5.74) is 1.27. The van der Waals surface area contributed by atoms with Crippen molar-refractivity contribution in [1.82, 2.24) is 0 Å². The van der Waals surface area contributed by atoms with Crippen LogP contribution in [0.1, 0.15) is 41.5 Å². The Morgan fingerprint density at radius 3 is 1.92 bits per heavy atom. The van der Waals surface area contributed by atoms with Crippen molar-refractivity contribution in [2.45, 2.75) is 46.9 Å². The summed E-state index contributed by atoms with van der Waals surface area (Å²) in [6.45, 7) is 12.9. The molecule has 0 unspecified atom stereocenters. The average molecular weight is 179 g/mol. The number of rotatable bonds is 2. The quantitative estimate of drug-likeness (QED) is 0.456. The van der Waals surface area contributed by atoms with E-state index in [0.29, 0.717) is 0 Å². The fourth-order valence-corrected chi connectivity index (χ4v) is 0.959. The van der Waals surface area contributed by atoms with Crippen LogP contribution in [0.5, 0.6) is 0 Å². The molecule has 0 heterocycles. The third-order valence-electron chi connectivity index (χ3n) is 1.30. The molecule has 0 N–H and O–H groups in total. The van der Waals surface area contributed by atoms with E-state index < -0.39 is 0 Å². The summed E-state index contributed by atoms with van der Waals surface area (Å²) in [4.78, 5) is 4.42. The molecule has 0 fully saturated rings. The molecule has 13 heavy (non-hydrogen) atoms. The Morgan fingerprint density at radius 2 is 1.62 bits per heavy atom. The minimum atomic E-state index is 0.174. The number of hydrogen-bond donors (Lipinski definition) is 0. The number of nitrogens with zero attached hydrogens (tertiary/aromatic N) is 1. The van der Waals surface area contributed by atoms with Crippen LogP contribution in [0.25, 0.3) is 0 Å². The zero-order valence-electron chi connectivity index (χ0n) is 10.1. The van der Waals surface area contributed by atoms with Gasteiger partial charge in [0.25, 0.3) is 0 Å². The molecule has 0 aromatic carbocycles. The van der Waals surface area contributed by atoms with Gasteiger partial charge >= 0.3 is 0 Å². The largest absolute Gasteiger partial charge is 0.266 e. The molecule has 0 amide bonds. The summed E-state index contributed by atoms with van der Waals surface area (Å²) in [5, 5.41) is 0.222. The molecule has 0 aliphatic heterocycles. The zero-order chi connectivity index (χ0) is 10.7. The lowest BCUT2D eigenvalue weighted by Crippen LogP contribution is -2.06. The van der Waals surface area contributed by atoms with E-state index in [0.717, 1.165) is 5.70 Å². The van der Waals surface area contributed by atoms with Gasteiger partial charge in [-0.25, -0.2) is 0 Å². The van der Waals surface area contributed by atoms with Gasteiger partial charge in [0, 0.05) is 11.9 Å². The Bertz CT molecular complexity index is 213. The summed E-state index contributed by atoms with van der Waals surface area (Å²) < 4.78 is 0. The molecule has 1 nitrogen and oxygen atoms in total. The Hall–Kier alpha value is -0.525. The van der Waals surface area contributed by atoms with Gasteiger partial charge < -0.3 is 0 Å². The second kappa shape index (κ2) is 4.12. The summed E-state index contributed by atoms with van der Waals surface area (Å²) >= 11 is 0. The first-order valence-electron chi connectivity index (χ1n) is 4.85. The van der Waals surface area contributed by atoms with Crippen molar-refractivity contribution in [2.75, 3.05) is 0 Å². The maximum atomic E-state index is 4.42. The molecule has 0 saturated carbocycles. The minimum Gasteiger partial charge on any atom is -0.266 e. The maximum absolute atomic E-state index is 4.42. The molecule has 0 aromatic heterocycles. The highest BCUT2D eigenvalue weighted by molar-refractivity contribution is 6.16. The van der Waals surface area contributed by atoms with Gasteiger partial charge in [-0.2, -0.15) is 0 Å². The first-order valence-corrected chi connectivity index (χ1v) is 4.85. The van der Waals surface area contributed by atoms with Gasteiger partial charge in [0.2, 0.25) is 0 Å². The summed E-state index contributed by atoms with van der Waals surface area (Å²) in [5.74, 6) is 0. The van der Waals surface area contributed by atoms with Crippen molar-refractivity contribution < 1.29 is 0 Å². The van der Waals surface area contributed by atoms with Gasteiger partial charge in [-0.1, -0.05) is 40.7 Å². The molecule has 0 aliphatic rings. The molecule has 2 heteroatoms. The van der Waals surface area contributed by atoms with Crippen molar-refractivity contribution in [1.29, 1.82) is 0 Å². The zero-order valence-corrected chi connectivity index (χ0v) is 10.1. The Labute approximate surface area is 83.7 Å². The molecule has 0 saturated heterocycles. The smallest absolute Gasteiger partial charge is 0.113 e. The third kappa shape index (κ3) is 9.39. The lowest BCUT2D eigenvalue weighted by Gasteiger charge is -2.13. The standard InChI is InChI=1S/C11H22BN/c1-9(7-11(5,6)12)13-8-10(2,3)4/h7-8H,12H2,1-6H3/b9-7-,13-8-. The van der Waals surface area contributed by atoms with Crippen LogP contribution < -0.4 is 0 Å². The van der Waals surface area contributed by atoms with Crippen LogP contribution in [-0.4, -0.2) is 14.1 Å². The highest BCUT2D eigenvalue weighted by Gasteiger charge is 2.07. The van der Waals surface area contributed by atoms with Crippen molar-refractivity contribution in [3.8, 4) is 0 Å². The van der Waals surface area contributed by atoms with E-state index >= 15 is 0 Å². The van der Waals surface area contributed by atoms with Gasteiger partial charge in [0.1, 0.15) is 7.85 Å². The Balaban J connectivity index is 4.40. The molecule has 0 bridgehead atoms. The lowest BCUT2D eigenvalue weighted by molar-refractivity contribution is 0.606. The first-order chi connectivity index (χ1) is 5.60. The van der Waals surface area contributed by atoms with E-state index in [1.54, 1.807) is 0 Å². The van der Waals surface area contributed by atoms with Gasteiger partial charge in [0.05, 0.1) is 0 Å². The van der Waals surface area contributed by atoms with Crippen LogP contribution in [0.2, 0.25) is 5.31 Å². The van der Waals surface area contributed by atoms with Crippen LogP contribution in [0.3, 0.4) is 0 Å². The third-order valence-corrected chi connectivity index (χ3v) is 1.30. The monoisotopic (exact) mass is 179 g/mol. The number of aliphatic imine (C=N–C) groups is 1. The topological polar surface area (TPSA) is 12.4 Å². The highest BCUT2D eigenvalue weighted by atomic mass is 14.7. The van der Waals surface area contributed by atoms with E-state index in [2.05, 4.69) is 53.5 Å². The van der Waals surface area contributed by atoms with E-state index in [1.807, 2.05) is 13.1 Å². The SMILES string of the molecule is BC(C)(C)/C=C(C)\N=C/C(C)(C)C. The predicted octanol–water partition coefficient (Wildman–Crippen LogP) is 2.84. The molecule has 0 aromatic rings. The average Bonchev–Trinajstić information content (AvgIpc) is 1.78. The van der Waals surface area contributed by atoms with E-state index in [9.17, 15) is 0 Å². The van der Waals surface area contributed by atoms with Crippen molar-refractivity contribution in [2.24, 2.45) is 10.4 Å². The summed E-state index contributed by atoms with van der Waals surface area (Å²) in [6.07, 6.45) is 4.19. The van der Waals surface area contributed by atoms with Gasteiger partial charge in [0.15, 0.2) is 0 Å². The van der Waals surface area contributed by atoms with Crippen LogP contribution in [-0.2, 0) is 0 Å². The fraction of sp³-hybridized carbons (Fsp3) is 0.727. The van der Waals surface area contributed by atoms with Crippen LogP contribution in [0.15, 0.2) is 16.8 Å². The van der Waals surface area contributed by atoms with E-state index in [1.165, 1.54) is 0 Å². The van der Waals surface area contributed by atoms with Gasteiger partial charge in [-0.15, -0.1) is 0 Å². The van der Waals surface area contributed by atoms with E-state index in [-0.39, 0.29) is 10.7 Å². The first kappa shape index (κ1) is 12.5. The number of hydrogen-bond acceptors (Lipinski definition) is 1. The van der Waals surface area contributed by atoms with Crippen LogP contribution in [0, 0.1) is 5.41 Å². The summed E-state index contributed by atoms with van der Waals surface area (Å²) in [7, 11) is 2.18. The van der Waals surface area contributed by atoms with Crippen molar-refractivity contribution in [3.05, 3.63) is 11.8 Å². The van der Waals surface area contributed by atoms with Crippen molar-refractivity contribution in [3.63, 3.8) is 0 Å². The second-order valence-corrected chi connectivity index (χ2v) is 5.78. The fourth-order valence-electron chi connectivity index (χ4n) is 0.959. The van der Waals surface area contributed by atoms with E-state index in [4.69, 9.17) is 0 Å². The predicted molar refractivity (Wildman–Crippen MR) is 64.3 cm³/mol. The Kier molecular flexibility index (Phi) is 3.96. The molecule has 0 atom stereocenters.